The lowest BCUT2D eigenvalue weighted by Gasteiger charge is -2.17. The molecule has 1 aliphatic rings. The van der Waals surface area contributed by atoms with E-state index in [2.05, 4.69) is 11.9 Å². The Morgan fingerprint density at radius 1 is 1.47 bits per heavy atom. The Hall–Kier alpha value is -1.32. The van der Waals surface area contributed by atoms with Crippen LogP contribution in [0.25, 0.3) is 0 Å². The number of carboxylic acids is 1. The van der Waals surface area contributed by atoms with E-state index < -0.39 is 11.9 Å². The van der Waals surface area contributed by atoms with Gasteiger partial charge in [-0.25, -0.2) is 0 Å². The lowest BCUT2D eigenvalue weighted by atomic mass is 10.0. The first kappa shape index (κ1) is 11.8. The molecule has 15 heavy (non-hydrogen) atoms. The van der Waals surface area contributed by atoms with Crippen molar-refractivity contribution in [2.24, 2.45) is 5.92 Å². The third-order valence-corrected chi connectivity index (χ3v) is 2.76. The van der Waals surface area contributed by atoms with Crippen molar-refractivity contribution in [1.29, 1.82) is 0 Å². The van der Waals surface area contributed by atoms with E-state index in [0.717, 1.165) is 12.8 Å². The van der Waals surface area contributed by atoms with Gasteiger partial charge in [-0.05, 0) is 19.3 Å². The number of nitrogens with one attached hydrogen (secondary N) is 1. The Bertz CT molecular complexity index is 263. The molecule has 1 saturated carbocycles. The lowest BCUT2D eigenvalue weighted by molar-refractivity contribution is -0.142. The highest BCUT2D eigenvalue weighted by Gasteiger charge is 2.33. The molecule has 0 aromatic rings. The van der Waals surface area contributed by atoms with E-state index in [0.29, 0.717) is 19.3 Å². The van der Waals surface area contributed by atoms with Crippen LogP contribution in [0.1, 0.15) is 32.1 Å². The largest absolute Gasteiger partial charge is 0.481 e. The van der Waals surface area contributed by atoms with Crippen LogP contribution in [0.2, 0.25) is 0 Å². The van der Waals surface area contributed by atoms with Gasteiger partial charge in [0.2, 0.25) is 5.91 Å². The molecule has 2 atom stereocenters. The van der Waals surface area contributed by atoms with Crippen LogP contribution in [0.5, 0.6) is 0 Å². The molecule has 4 nitrogen and oxygen atoms in total. The quantitative estimate of drug-likeness (QED) is 0.674. The highest BCUT2D eigenvalue weighted by molar-refractivity contribution is 5.78. The standard InChI is InChI=1S/C11H17NO3/c1-2-3-7-10(13)12-9-6-4-5-8(9)11(14)15/h2,8-9H,1,3-7H2,(H,12,13)(H,14,15)/t8-,9+/m1/s1. The first-order chi connectivity index (χ1) is 7.15. The van der Waals surface area contributed by atoms with E-state index in [9.17, 15) is 9.59 Å². The molecule has 0 heterocycles. The number of rotatable bonds is 5. The molecule has 0 spiro atoms. The van der Waals surface area contributed by atoms with E-state index in [-0.39, 0.29) is 11.9 Å². The summed E-state index contributed by atoms with van der Waals surface area (Å²) in [6.07, 6.45) is 5.04. The molecule has 0 radical (unpaired) electrons. The maximum absolute atomic E-state index is 11.4. The van der Waals surface area contributed by atoms with Crippen molar-refractivity contribution in [3.05, 3.63) is 12.7 Å². The van der Waals surface area contributed by atoms with Gasteiger partial charge in [-0.15, -0.1) is 6.58 Å². The van der Waals surface area contributed by atoms with Gasteiger partial charge in [0.25, 0.3) is 0 Å². The van der Waals surface area contributed by atoms with Gasteiger partial charge in [-0.1, -0.05) is 12.5 Å². The number of amides is 1. The average Bonchev–Trinajstić information content (AvgIpc) is 2.62. The molecule has 1 rings (SSSR count). The van der Waals surface area contributed by atoms with Gasteiger partial charge in [0.1, 0.15) is 0 Å². The van der Waals surface area contributed by atoms with Crippen LogP contribution in [0.4, 0.5) is 0 Å². The van der Waals surface area contributed by atoms with Crippen LogP contribution >= 0.6 is 0 Å². The first-order valence-corrected chi connectivity index (χ1v) is 5.28. The van der Waals surface area contributed by atoms with Gasteiger partial charge in [-0.3, -0.25) is 9.59 Å². The van der Waals surface area contributed by atoms with E-state index in [1.807, 2.05) is 0 Å². The smallest absolute Gasteiger partial charge is 0.308 e. The normalized spacial score (nSPS) is 24.8. The molecule has 0 bridgehead atoms. The molecular weight excluding hydrogens is 194 g/mol. The minimum absolute atomic E-state index is 0.0759. The lowest BCUT2D eigenvalue weighted by Crippen LogP contribution is -2.40. The van der Waals surface area contributed by atoms with Gasteiger partial charge in [0.05, 0.1) is 5.92 Å². The molecule has 84 valence electrons. The van der Waals surface area contributed by atoms with Crippen molar-refractivity contribution in [2.75, 3.05) is 0 Å². The van der Waals surface area contributed by atoms with E-state index in [1.54, 1.807) is 6.08 Å². The molecule has 0 saturated heterocycles. The highest BCUT2D eigenvalue weighted by atomic mass is 16.4. The minimum atomic E-state index is -0.804. The van der Waals surface area contributed by atoms with E-state index >= 15 is 0 Å². The maximum Gasteiger partial charge on any atom is 0.308 e. The average molecular weight is 211 g/mol. The van der Waals surface area contributed by atoms with Crippen molar-refractivity contribution in [3.63, 3.8) is 0 Å². The molecule has 0 unspecified atom stereocenters. The van der Waals surface area contributed by atoms with Crippen molar-refractivity contribution < 1.29 is 14.7 Å². The number of aliphatic carboxylic acids is 1. The fraction of sp³-hybridized carbons (Fsp3) is 0.636. The summed E-state index contributed by atoms with van der Waals surface area (Å²) < 4.78 is 0. The van der Waals surface area contributed by atoms with Crippen LogP contribution in [0.3, 0.4) is 0 Å². The minimum Gasteiger partial charge on any atom is -0.481 e. The van der Waals surface area contributed by atoms with Crippen LogP contribution in [0.15, 0.2) is 12.7 Å². The fourth-order valence-electron chi connectivity index (χ4n) is 1.94. The van der Waals surface area contributed by atoms with Crippen molar-refractivity contribution in [1.82, 2.24) is 5.32 Å². The molecule has 1 fully saturated rings. The second-order valence-electron chi connectivity index (χ2n) is 3.88. The molecular formula is C11H17NO3. The van der Waals surface area contributed by atoms with Gasteiger partial charge < -0.3 is 10.4 Å². The van der Waals surface area contributed by atoms with Crippen molar-refractivity contribution in [2.45, 2.75) is 38.1 Å². The van der Waals surface area contributed by atoms with Crippen LogP contribution < -0.4 is 5.32 Å². The third-order valence-electron chi connectivity index (χ3n) is 2.76. The third kappa shape index (κ3) is 3.38. The number of carbonyl (C=O) groups excluding carboxylic acids is 1. The fourth-order valence-corrected chi connectivity index (χ4v) is 1.94. The molecule has 1 amide bonds. The Morgan fingerprint density at radius 3 is 2.80 bits per heavy atom. The molecule has 1 aliphatic carbocycles. The summed E-state index contributed by atoms with van der Waals surface area (Å²) in [4.78, 5) is 22.2. The summed E-state index contributed by atoms with van der Waals surface area (Å²) in [6.45, 7) is 3.53. The summed E-state index contributed by atoms with van der Waals surface area (Å²) >= 11 is 0. The summed E-state index contributed by atoms with van der Waals surface area (Å²) in [5.74, 6) is -1.28. The number of allylic oxidation sites excluding steroid dienone is 1. The first-order valence-electron chi connectivity index (χ1n) is 5.28. The monoisotopic (exact) mass is 211 g/mol. The number of carbonyl (C=O) groups is 2. The van der Waals surface area contributed by atoms with Gasteiger partial charge in [-0.2, -0.15) is 0 Å². The molecule has 0 aliphatic heterocycles. The summed E-state index contributed by atoms with van der Waals surface area (Å²) in [5.41, 5.74) is 0. The second kappa shape index (κ2) is 5.53. The van der Waals surface area contributed by atoms with Gasteiger partial charge in [0.15, 0.2) is 0 Å². The van der Waals surface area contributed by atoms with Crippen molar-refractivity contribution in [3.8, 4) is 0 Å². The molecule has 2 N–H and O–H groups in total. The highest BCUT2D eigenvalue weighted by Crippen LogP contribution is 2.25. The van der Waals surface area contributed by atoms with Gasteiger partial charge >= 0.3 is 5.97 Å². The van der Waals surface area contributed by atoms with Gasteiger partial charge in [0, 0.05) is 12.5 Å². The van der Waals surface area contributed by atoms with Crippen LogP contribution in [-0.2, 0) is 9.59 Å². The summed E-state index contributed by atoms with van der Waals surface area (Å²) in [7, 11) is 0. The Kier molecular flexibility index (Phi) is 4.34. The molecule has 0 aromatic heterocycles. The maximum atomic E-state index is 11.4. The zero-order chi connectivity index (χ0) is 11.3. The summed E-state index contributed by atoms with van der Waals surface area (Å²) in [5, 5.41) is 11.7. The Balaban J connectivity index is 2.39. The Labute approximate surface area is 89.4 Å². The molecule has 4 heteroatoms. The number of hydrogen-bond donors (Lipinski definition) is 2. The van der Waals surface area contributed by atoms with E-state index in [4.69, 9.17) is 5.11 Å². The topological polar surface area (TPSA) is 66.4 Å². The van der Waals surface area contributed by atoms with Crippen LogP contribution in [0, 0.1) is 5.92 Å². The van der Waals surface area contributed by atoms with Crippen LogP contribution in [-0.4, -0.2) is 23.0 Å². The zero-order valence-electron chi connectivity index (χ0n) is 8.74. The molecule has 0 aromatic carbocycles. The predicted octanol–water partition coefficient (Wildman–Crippen LogP) is 1.32. The summed E-state index contributed by atoms with van der Waals surface area (Å²) in [6, 6.07) is -0.181. The van der Waals surface area contributed by atoms with E-state index in [1.165, 1.54) is 0 Å². The Morgan fingerprint density at radius 2 is 2.20 bits per heavy atom. The SMILES string of the molecule is C=CCCC(=O)N[C@H]1CCC[C@H]1C(=O)O. The predicted molar refractivity (Wildman–Crippen MR) is 56.3 cm³/mol. The van der Waals surface area contributed by atoms with Crippen molar-refractivity contribution >= 4 is 11.9 Å². The number of carboxylic acid groups (broad SMARTS) is 1. The second-order valence-corrected chi connectivity index (χ2v) is 3.88. The zero-order valence-corrected chi connectivity index (χ0v) is 8.74. The number of hydrogen-bond acceptors (Lipinski definition) is 2.